The minimum atomic E-state index is 0. The fourth-order valence-corrected chi connectivity index (χ4v) is 2.68. The van der Waals surface area contributed by atoms with Gasteiger partial charge in [0.15, 0.2) is 0 Å². The van der Waals surface area contributed by atoms with Crippen LogP contribution in [0.2, 0.25) is 0 Å². The van der Waals surface area contributed by atoms with Crippen molar-refractivity contribution < 1.29 is 0 Å². The standard InChI is InChI=1S/C15H24N2.ClH/c1-2-17(13-14-7-4-3-5-8-14)15-9-6-11-16-12-10-15;/h3-5,7-8,15-16H,2,6,9-13H2,1H3;1H. The molecule has 1 aromatic carbocycles. The molecule has 0 aliphatic carbocycles. The van der Waals surface area contributed by atoms with Gasteiger partial charge in [-0.1, -0.05) is 37.3 Å². The van der Waals surface area contributed by atoms with E-state index in [4.69, 9.17) is 0 Å². The average Bonchev–Trinajstić information content (AvgIpc) is 2.66. The van der Waals surface area contributed by atoms with Gasteiger partial charge in [0.25, 0.3) is 0 Å². The summed E-state index contributed by atoms with van der Waals surface area (Å²) < 4.78 is 0. The fraction of sp³-hybridized carbons (Fsp3) is 0.600. The molecule has 1 N–H and O–H groups in total. The number of nitrogens with zero attached hydrogens (tertiary/aromatic N) is 1. The molecule has 2 rings (SSSR count). The highest BCUT2D eigenvalue weighted by atomic mass is 35.5. The third-order valence-electron chi connectivity index (χ3n) is 3.70. The zero-order chi connectivity index (χ0) is 11.9. The summed E-state index contributed by atoms with van der Waals surface area (Å²) in [6, 6.07) is 11.6. The van der Waals surface area contributed by atoms with E-state index in [0.29, 0.717) is 0 Å². The molecule has 18 heavy (non-hydrogen) atoms. The van der Waals surface area contributed by atoms with Gasteiger partial charge in [-0.2, -0.15) is 0 Å². The minimum absolute atomic E-state index is 0. The third kappa shape index (κ3) is 4.60. The lowest BCUT2D eigenvalue weighted by Gasteiger charge is -2.29. The molecule has 1 heterocycles. The molecule has 0 amide bonds. The SMILES string of the molecule is CCN(Cc1ccccc1)C1CCCNCC1.Cl. The van der Waals surface area contributed by atoms with Gasteiger partial charge in [0, 0.05) is 12.6 Å². The van der Waals surface area contributed by atoms with Gasteiger partial charge in [0.1, 0.15) is 0 Å². The predicted molar refractivity (Wildman–Crippen MR) is 80.3 cm³/mol. The molecule has 3 heteroatoms. The molecular formula is C15H25ClN2. The Bertz CT molecular complexity index is 308. The number of nitrogens with one attached hydrogen (secondary N) is 1. The zero-order valence-corrected chi connectivity index (χ0v) is 12.1. The van der Waals surface area contributed by atoms with E-state index in [-0.39, 0.29) is 12.4 Å². The van der Waals surface area contributed by atoms with Crippen molar-refractivity contribution in [3.63, 3.8) is 0 Å². The smallest absolute Gasteiger partial charge is 0.0236 e. The molecule has 1 aliphatic rings. The van der Waals surface area contributed by atoms with Crippen molar-refractivity contribution in [2.45, 2.75) is 38.8 Å². The lowest BCUT2D eigenvalue weighted by molar-refractivity contribution is 0.182. The summed E-state index contributed by atoms with van der Waals surface area (Å²) in [6.07, 6.45) is 3.95. The predicted octanol–water partition coefficient (Wildman–Crippen LogP) is 3.07. The summed E-state index contributed by atoms with van der Waals surface area (Å²) in [5, 5.41) is 3.49. The Morgan fingerprint density at radius 2 is 1.94 bits per heavy atom. The molecule has 0 saturated carbocycles. The number of hydrogen-bond acceptors (Lipinski definition) is 2. The van der Waals surface area contributed by atoms with Crippen molar-refractivity contribution in [3.8, 4) is 0 Å². The number of benzene rings is 1. The van der Waals surface area contributed by atoms with Gasteiger partial charge in [-0.15, -0.1) is 12.4 Å². The van der Waals surface area contributed by atoms with E-state index < -0.39 is 0 Å². The molecule has 0 radical (unpaired) electrons. The first-order chi connectivity index (χ1) is 8.40. The van der Waals surface area contributed by atoms with Gasteiger partial charge >= 0.3 is 0 Å². The second kappa shape index (κ2) is 8.52. The van der Waals surface area contributed by atoms with E-state index in [1.807, 2.05) is 0 Å². The molecule has 102 valence electrons. The average molecular weight is 269 g/mol. The van der Waals surface area contributed by atoms with Crippen molar-refractivity contribution in [3.05, 3.63) is 35.9 Å². The molecule has 0 aromatic heterocycles. The van der Waals surface area contributed by atoms with Crippen LogP contribution in [0.25, 0.3) is 0 Å². The first-order valence-electron chi connectivity index (χ1n) is 6.89. The molecule has 1 saturated heterocycles. The van der Waals surface area contributed by atoms with Crippen LogP contribution in [-0.2, 0) is 6.54 Å². The summed E-state index contributed by atoms with van der Waals surface area (Å²) in [6.45, 7) is 6.90. The van der Waals surface area contributed by atoms with Crippen LogP contribution in [0.3, 0.4) is 0 Å². The van der Waals surface area contributed by atoms with Gasteiger partial charge in [-0.05, 0) is 44.5 Å². The Balaban J connectivity index is 0.00000162. The van der Waals surface area contributed by atoms with Crippen LogP contribution in [0.15, 0.2) is 30.3 Å². The maximum absolute atomic E-state index is 3.49. The van der Waals surface area contributed by atoms with Crippen LogP contribution < -0.4 is 5.32 Å². The van der Waals surface area contributed by atoms with Crippen LogP contribution in [0.1, 0.15) is 31.7 Å². The monoisotopic (exact) mass is 268 g/mol. The quantitative estimate of drug-likeness (QED) is 0.903. The first-order valence-corrected chi connectivity index (χ1v) is 6.89. The third-order valence-corrected chi connectivity index (χ3v) is 3.70. The van der Waals surface area contributed by atoms with Gasteiger partial charge in [0.2, 0.25) is 0 Å². The number of hydrogen-bond donors (Lipinski definition) is 1. The highest BCUT2D eigenvalue weighted by molar-refractivity contribution is 5.85. The molecule has 0 bridgehead atoms. The lowest BCUT2D eigenvalue weighted by Crippen LogP contribution is -2.35. The maximum Gasteiger partial charge on any atom is 0.0236 e. The topological polar surface area (TPSA) is 15.3 Å². The van der Waals surface area contributed by atoms with Gasteiger partial charge in [-0.3, -0.25) is 4.90 Å². The van der Waals surface area contributed by atoms with E-state index in [1.54, 1.807) is 0 Å². The molecule has 1 unspecified atom stereocenters. The van der Waals surface area contributed by atoms with Crippen LogP contribution >= 0.6 is 12.4 Å². The van der Waals surface area contributed by atoms with Crippen molar-refractivity contribution in [2.24, 2.45) is 0 Å². The van der Waals surface area contributed by atoms with E-state index in [1.165, 1.54) is 37.9 Å². The number of rotatable bonds is 4. The molecule has 1 aromatic rings. The maximum atomic E-state index is 3.49. The van der Waals surface area contributed by atoms with Gasteiger partial charge in [-0.25, -0.2) is 0 Å². The molecule has 1 aliphatic heterocycles. The Labute approximate surface area is 117 Å². The van der Waals surface area contributed by atoms with Crippen molar-refractivity contribution >= 4 is 12.4 Å². The molecule has 0 spiro atoms. The minimum Gasteiger partial charge on any atom is -0.317 e. The Hall–Kier alpha value is -0.570. The second-order valence-corrected chi connectivity index (χ2v) is 4.88. The summed E-state index contributed by atoms with van der Waals surface area (Å²) in [4.78, 5) is 2.63. The van der Waals surface area contributed by atoms with Crippen LogP contribution in [0.5, 0.6) is 0 Å². The molecule has 2 nitrogen and oxygen atoms in total. The van der Waals surface area contributed by atoms with Gasteiger partial charge < -0.3 is 5.32 Å². The van der Waals surface area contributed by atoms with E-state index in [9.17, 15) is 0 Å². The largest absolute Gasteiger partial charge is 0.317 e. The highest BCUT2D eigenvalue weighted by Gasteiger charge is 2.18. The first kappa shape index (κ1) is 15.5. The van der Waals surface area contributed by atoms with Crippen LogP contribution in [0.4, 0.5) is 0 Å². The highest BCUT2D eigenvalue weighted by Crippen LogP contribution is 2.16. The summed E-state index contributed by atoms with van der Waals surface area (Å²) in [7, 11) is 0. The van der Waals surface area contributed by atoms with Crippen molar-refractivity contribution in [2.75, 3.05) is 19.6 Å². The summed E-state index contributed by atoms with van der Waals surface area (Å²) >= 11 is 0. The van der Waals surface area contributed by atoms with Gasteiger partial charge in [0.05, 0.1) is 0 Å². The Morgan fingerprint density at radius 1 is 1.17 bits per heavy atom. The van der Waals surface area contributed by atoms with Crippen LogP contribution in [-0.4, -0.2) is 30.6 Å². The zero-order valence-electron chi connectivity index (χ0n) is 11.3. The van der Waals surface area contributed by atoms with Crippen molar-refractivity contribution in [1.82, 2.24) is 10.2 Å². The molecule has 1 fully saturated rings. The summed E-state index contributed by atoms with van der Waals surface area (Å²) in [5.41, 5.74) is 1.44. The van der Waals surface area contributed by atoms with E-state index in [0.717, 1.165) is 19.1 Å². The van der Waals surface area contributed by atoms with Crippen molar-refractivity contribution in [1.29, 1.82) is 0 Å². The van der Waals surface area contributed by atoms with E-state index >= 15 is 0 Å². The Kier molecular flexibility index (Phi) is 7.33. The summed E-state index contributed by atoms with van der Waals surface area (Å²) in [5.74, 6) is 0. The molecular weight excluding hydrogens is 244 g/mol. The normalized spacial score (nSPS) is 20.2. The second-order valence-electron chi connectivity index (χ2n) is 4.88. The van der Waals surface area contributed by atoms with Crippen LogP contribution in [0, 0.1) is 0 Å². The Morgan fingerprint density at radius 3 is 2.67 bits per heavy atom. The lowest BCUT2D eigenvalue weighted by atomic mass is 10.1. The number of halogens is 1. The van der Waals surface area contributed by atoms with E-state index in [2.05, 4.69) is 47.5 Å². The fourth-order valence-electron chi connectivity index (χ4n) is 2.68. The molecule has 1 atom stereocenters.